The summed E-state index contributed by atoms with van der Waals surface area (Å²) in [5, 5.41) is 4.79. The Morgan fingerprint density at radius 3 is 2.45 bits per heavy atom. The van der Waals surface area contributed by atoms with Crippen LogP contribution >= 0.6 is 0 Å². The maximum Gasteiger partial charge on any atom is 0.416 e. The Hall–Kier alpha value is -2.97. The van der Waals surface area contributed by atoms with Gasteiger partial charge in [-0.25, -0.2) is 8.78 Å². The summed E-state index contributed by atoms with van der Waals surface area (Å²) in [7, 11) is 0. The van der Waals surface area contributed by atoms with E-state index in [1.165, 1.54) is 24.3 Å². The zero-order valence-corrected chi connectivity index (χ0v) is 15.0. The van der Waals surface area contributed by atoms with Gasteiger partial charge in [-0.05, 0) is 48.6 Å². The quantitative estimate of drug-likeness (QED) is 0.591. The van der Waals surface area contributed by atoms with E-state index in [4.69, 9.17) is 0 Å². The molecule has 9 heteroatoms. The molecule has 2 aromatic rings. The van der Waals surface area contributed by atoms with Crippen molar-refractivity contribution in [1.29, 1.82) is 0 Å². The first-order valence-corrected chi connectivity index (χ1v) is 8.85. The number of halogens is 5. The molecule has 1 heterocycles. The molecule has 2 N–H and O–H groups in total. The van der Waals surface area contributed by atoms with E-state index in [1.54, 1.807) is 0 Å². The van der Waals surface area contributed by atoms with Crippen molar-refractivity contribution >= 4 is 17.5 Å². The first kappa shape index (κ1) is 20.8. The van der Waals surface area contributed by atoms with Crippen molar-refractivity contribution in [3.63, 3.8) is 0 Å². The molecule has 0 radical (unpaired) electrons. The highest BCUT2D eigenvalue weighted by atomic mass is 19.4. The van der Waals surface area contributed by atoms with Gasteiger partial charge in [-0.1, -0.05) is 18.2 Å². The molecular formula is C20H17F5N2O2. The predicted molar refractivity (Wildman–Crippen MR) is 94.7 cm³/mol. The van der Waals surface area contributed by atoms with Crippen molar-refractivity contribution in [1.82, 2.24) is 5.32 Å². The average molecular weight is 412 g/mol. The largest absolute Gasteiger partial charge is 0.416 e. The molecular weight excluding hydrogens is 395 g/mol. The normalized spacial score (nSPS) is 19.6. The lowest BCUT2D eigenvalue weighted by Crippen LogP contribution is -2.48. The molecule has 4 nitrogen and oxygen atoms in total. The number of anilines is 1. The van der Waals surface area contributed by atoms with Crippen molar-refractivity contribution < 1.29 is 31.5 Å². The van der Waals surface area contributed by atoms with Gasteiger partial charge in [-0.3, -0.25) is 9.59 Å². The molecule has 2 atom stereocenters. The molecule has 1 aliphatic rings. The zero-order valence-electron chi connectivity index (χ0n) is 15.0. The molecule has 154 valence electrons. The molecule has 0 aromatic heterocycles. The lowest BCUT2D eigenvalue weighted by atomic mass is 9.80. The van der Waals surface area contributed by atoms with Crippen LogP contribution in [-0.2, 0) is 22.2 Å². The van der Waals surface area contributed by atoms with Gasteiger partial charge in [-0.2, -0.15) is 13.2 Å². The van der Waals surface area contributed by atoms with Crippen molar-refractivity contribution in [2.24, 2.45) is 11.8 Å². The molecule has 2 amide bonds. The van der Waals surface area contributed by atoms with Crippen LogP contribution in [0.4, 0.5) is 27.6 Å². The minimum Gasteiger partial charge on any atom is -0.355 e. The van der Waals surface area contributed by atoms with Gasteiger partial charge >= 0.3 is 6.18 Å². The number of alkyl halides is 3. The Kier molecular flexibility index (Phi) is 5.86. The van der Waals surface area contributed by atoms with Crippen LogP contribution in [0.25, 0.3) is 0 Å². The van der Waals surface area contributed by atoms with E-state index >= 15 is 0 Å². The molecule has 3 rings (SSSR count). The smallest absolute Gasteiger partial charge is 0.355 e. The molecule has 0 aliphatic carbocycles. The van der Waals surface area contributed by atoms with Crippen molar-refractivity contribution in [2.75, 3.05) is 11.9 Å². The topological polar surface area (TPSA) is 58.2 Å². The van der Waals surface area contributed by atoms with Crippen LogP contribution in [0.5, 0.6) is 0 Å². The van der Waals surface area contributed by atoms with E-state index < -0.39 is 47.0 Å². The van der Waals surface area contributed by atoms with Crippen molar-refractivity contribution in [2.45, 2.75) is 19.0 Å². The summed E-state index contributed by atoms with van der Waals surface area (Å²) in [5.74, 6) is -5.44. The lowest BCUT2D eigenvalue weighted by Gasteiger charge is -2.30. The minimum atomic E-state index is -4.46. The van der Waals surface area contributed by atoms with E-state index in [-0.39, 0.29) is 12.1 Å². The second-order valence-corrected chi connectivity index (χ2v) is 6.81. The molecule has 0 unspecified atom stereocenters. The summed E-state index contributed by atoms with van der Waals surface area (Å²) in [6, 6.07) is 7.76. The van der Waals surface area contributed by atoms with Crippen LogP contribution < -0.4 is 10.6 Å². The third kappa shape index (κ3) is 4.72. The number of nitrogens with one attached hydrogen (secondary N) is 2. The van der Waals surface area contributed by atoms with E-state index in [0.29, 0.717) is 18.5 Å². The van der Waals surface area contributed by atoms with E-state index in [9.17, 15) is 31.5 Å². The summed E-state index contributed by atoms with van der Waals surface area (Å²) >= 11 is 0. The van der Waals surface area contributed by atoms with Crippen LogP contribution in [0.15, 0.2) is 42.5 Å². The summed E-state index contributed by atoms with van der Waals surface area (Å²) in [4.78, 5) is 24.9. The van der Waals surface area contributed by atoms with Gasteiger partial charge in [0.25, 0.3) is 0 Å². The van der Waals surface area contributed by atoms with Crippen molar-refractivity contribution in [3.8, 4) is 0 Å². The van der Waals surface area contributed by atoms with Crippen molar-refractivity contribution in [3.05, 3.63) is 65.2 Å². The van der Waals surface area contributed by atoms with Crippen LogP contribution in [0, 0.1) is 23.5 Å². The second kappa shape index (κ2) is 8.18. The third-order valence-electron chi connectivity index (χ3n) is 4.84. The lowest BCUT2D eigenvalue weighted by molar-refractivity contribution is -0.138. The van der Waals surface area contributed by atoms with E-state index in [1.807, 2.05) is 0 Å². The molecule has 1 fully saturated rings. The van der Waals surface area contributed by atoms with Gasteiger partial charge < -0.3 is 10.6 Å². The first-order chi connectivity index (χ1) is 13.7. The molecule has 29 heavy (non-hydrogen) atoms. The van der Waals surface area contributed by atoms with Gasteiger partial charge in [0, 0.05) is 6.54 Å². The first-order valence-electron chi connectivity index (χ1n) is 8.85. The molecule has 0 spiro atoms. The summed E-state index contributed by atoms with van der Waals surface area (Å²) in [6.07, 6.45) is -3.85. The fraction of sp³-hybridized carbons (Fsp3) is 0.300. The van der Waals surface area contributed by atoms with Crippen LogP contribution in [-0.4, -0.2) is 18.4 Å². The van der Waals surface area contributed by atoms with E-state index in [0.717, 1.165) is 18.2 Å². The predicted octanol–water partition coefficient (Wildman–Crippen LogP) is 3.92. The second-order valence-electron chi connectivity index (χ2n) is 6.81. The molecule has 1 saturated heterocycles. The van der Waals surface area contributed by atoms with Gasteiger partial charge in [0.1, 0.15) is 5.92 Å². The Bertz CT molecular complexity index is 912. The molecule has 2 aromatic carbocycles. The summed E-state index contributed by atoms with van der Waals surface area (Å²) in [5.41, 5.74) is -0.646. The number of carbonyl (C=O) groups excluding carboxylic acids is 2. The number of amides is 2. The highest BCUT2D eigenvalue weighted by Crippen LogP contribution is 2.31. The number of hydrogen-bond acceptors (Lipinski definition) is 2. The summed E-state index contributed by atoms with van der Waals surface area (Å²) < 4.78 is 65.3. The number of benzene rings is 2. The molecule has 0 saturated carbocycles. The Labute approximate surface area is 163 Å². The molecule has 0 bridgehead atoms. The van der Waals surface area contributed by atoms with Gasteiger partial charge in [-0.15, -0.1) is 0 Å². The number of hydrogen-bond donors (Lipinski definition) is 2. The fourth-order valence-electron chi connectivity index (χ4n) is 3.37. The Morgan fingerprint density at radius 2 is 1.79 bits per heavy atom. The molecule has 1 aliphatic heterocycles. The zero-order chi connectivity index (χ0) is 21.2. The van der Waals surface area contributed by atoms with Gasteiger partial charge in [0.15, 0.2) is 11.6 Å². The average Bonchev–Trinajstić information content (AvgIpc) is 2.65. The third-order valence-corrected chi connectivity index (χ3v) is 4.84. The highest BCUT2D eigenvalue weighted by Gasteiger charge is 2.38. The van der Waals surface area contributed by atoms with E-state index in [2.05, 4.69) is 10.6 Å². The SMILES string of the molecule is O=C1NCC[C@H](Cc2ccc(C(F)(F)F)cc2)[C@H]1C(=O)Nc1cccc(F)c1F. The summed E-state index contributed by atoms with van der Waals surface area (Å²) in [6.45, 7) is 0.308. The highest BCUT2D eigenvalue weighted by molar-refractivity contribution is 6.07. The number of carbonyl (C=O) groups is 2. The van der Waals surface area contributed by atoms with Gasteiger partial charge in [0.05, 0.1) is 11.3 Å². The van der Waals surface area contributed by atoms with Crippen LogP contribution in [0.3, 0.4) is 0 Å². The number of rotatable bonds is 4. The van der Waals surface area contributed by atoms with Crippen LogP contribution in [0.1, 0.15) is 17.5 Å². The van der Waals surface area contributed by atoms with Crippen LogP contribution in [0.2, 0.25) is 0 Å². The standard InChI is InChI=1S/C20H17F5N2O2/c21-14-2-1-3-15(17(14)22)27-19(29)16-12(8-9-26-18(16)28)10-11-4-6-13(7-5-11)20(23,24)25/h1-7,12,16H,8-10H2,(H,26,28)(H,27,29)/t12-,16-/m1/s1. The Morgan fingerprint density at radius 1 is 1.10 bits per heavy atom. The minimum absolute atomic E-state index is 0.190. The maximum absolute atomic E-state index is 13.8. The maximum atomic E-state index is 13.8. The van der Waals surface area contributed by atoms with Gasteiger partial charge in [0.2, 0.25) is 11.8 Å². The Balaban J connectivity index is 1.77. The number of piperidine rings is 1. The monoisotopic (exact) mass is 412 g/mol. The fourth-order valence-corrected chi connectivity index (χ4v) is 3.37.